The molecule has 0 aliphatic carbocycles. The average molecular weight is 554 g/mol. The number of carbonyl (C=O) groups is 5. The molecule has 39 heavy (non-hydrogen) atoms. The van der Waals surface area contributed by atoms with Gasteiger partial charge in [-0.1, -0.05) is 25.0 Å². The molecular weight excluding hydrogens is 519 g/mol. The van der Waals surface area contributed by atoms with Crippen LogP contribution in [0.5, 0.6) is 0 Å². The van der Waals surface area contributed by atoms with Gasteiger partial charge in [-0.25, -0.2) is 0 Å². The van der Waals surface area contributed by atoms with E-state index in [1.54, 1.807) is 31.0 Å². The van der Waals surface area contributed by atoms with Crippen molar-refractivity contribution in [1.29, 1.82) is 0 Å². The summed E-state index contributed by atoms with van der Waals surface area (Å²) in [7, 11) is 1.65. The van der Waals surface area contributed by atoms with E-state index in [-0.39, 0.29) is 36.0 Å². The van der Waals surface area contributed by atoms with Crippen molar-refractivity contribution in [2.75, 3.05) is 12.4 Å². The number of carbonyl (C=O) groups excluding carboxylic acids is 5. The van der Waals surface area contributed by atoms with Gasteiger partial charge in [0.2, 0.25) is 29.4 Å². The molecule has 0 spiro atoms. The largest absolute Gasteiger partial charge is 0.450 e. The van der Waals surface area contributed by atoms with E-state index in [1.165, 1.54) is 12.1 Å². The number of nitrogens with zero attached hydrogens (tertiary/aromatic N) is 1. The Morgan fingerprint density at radius 3 is 2.49 bits per heavy atom. The molecule has 2 unspecified atom stereocenters. The Morgan fingerprint density at radius 1 is 1.08 bits per heavy atom. The maximum absolute atomic E-state index is 13.5. The second-order valence-electron chi connectivity index (χ2n) is 9.91. The van der Waals surface area contributed by atoms with Crippen LogP contribution in [0.4, 0.5) is 18.9 Å². The highest BCUT2D eigenvalue weighted by Crippen LogP contribution is 2.31. The minimum absolute atomic E-state index is 0.0487. The molecule has 1 aromatic carbocycles. The number of fused-ring (bicyclic) bond motifs is 1. The van der Waals surface area contributed by atoms with Gasteiger partial charge in [-0.3, -0.25) is 24.0 Å². The van der Waals surface area contributed by atoms with Crippen molar-refractivity contribution in [3.05, 3.63) is 29.8 Å². The number of nitrogens with one attached hydrogen (secondary N) is 4. The number of likely N-dealkylation sites (N-methyl/N-ethyl adjacent to an activating group) is 1. The molecule has 10 nitrogen and oxygen atoms in total. The summed E-state index contributed by atoms with van der Waals surface area (Å²) < 4.78 is 37.2. The van der Waals surface area contributed by atoms with Crippen LogP contribution in [0.15, 0.2) is 24.3 Å². The van der Waals surface area contributed by atoms with Crippen molar-refractivity contribution in [3.63, 3.8) is 0 Å². The Kier molecular flexibility index (Phi) is 10.1. The summed E-state index contributed by atoms with van der Waals surface area (Å²) in [5.74, 6) is -4.16. The van der Waals surface area contributed by atoms with Crippen LogP contribution >= 0.6 is 0 Å². The highest BCUT2D eigenvalue weighted by Gasteiger charge is 2.44. The molecule has 2 saturated heterocycles. The fourth-order valence-corrected chi connectivity index (χ4v) is 4.87. The molecule has 2 aliphatic rings. The summed E-state index contributed by atoms with van der Waals surface area (Å²) >= 11 is 0. The molecule has 3 rings (SSSR count). The van der Waals surface area contributed by atoms with E-state index < -0.39 is 42.4 Å². The van der Waals surface area contributed by atoms with E-state index >= 15 is 0 Å². The van der Waals surface area contributed by atoms with E-state index in [0.29, 0.717) is 24.8 Å². The topological polar surface area (TPSA) is 137 Å². The van der Waals surface area contributed by atoms with Gasteiger partial charge in [0.05, 0.1) is 12.5 Å². The van der Waals surface area contributed by atoms with Crippen LogP contribution in [0, 0.1) is 0 Å². The van der Waals surface area contributed by atoms with Crippen molar-refractivity contribution in [2.45, 2.75) is 88.8 Å². The van der Waals surface area contributed by atoms with Gasteiger partial charge < -0.3 is 26.2 Å². The zero-order chi connectivity index (χ0) is 28.7. The van der Waals surface area contributed by atoms with Gasteiger partial charge in [-0.2, -0.15) is 13.2 Å². The Hall–Kier alpha value is -3.48. The standard InChI is InChI=1S/C26H34F3N5O5/c1-15(30-2)23(37)33-19-9-4-3-8-18-10-11-20(34(18)25(19)39)24(38)31-14-16-6-5-7-17(12-16)32-22(36)13-21(35)26(27,28)29/h5-7,12,15,18-20,30H,3-4,8-11,13-14H2,1-2H3,(H,31,38)(H,32,36)(H,33,37)/t15-,18-,19?,20?/m0/s1. The van der Waals surface area contributed by atoms with Crippen molar-refractivity contribution in [1.82, 2.24) is 20.9 Å². The average Bonchev–Trinajstić information content (AvgIpc) is 3.30. The number of amides is 4. The molecule has 13 heteroatoms. The monoisotopic (exact) mass is 553 g/mol. The van der Waals surface area contributed by atoms with Gasteiger partial charge in [0.15, 0.2) is 0 Å². The van der Waals surface area contributed by atoms with Gasteiger partial charge in [-0.05, 0) is 57.4 Å². The fourth-order valence-electron chi connectivity index (χ4n) is 4.87. The maximum atomic E-state index is 13.5. The van der Waals surface area contributed by atoms with Crippen LogP contribution in [-0.2, 0) is 30.5 Å². The molecule has 4 N–H and O–H groups in total. The van der Waals surface area contributed by atoms with E-state index in [1.807, 2.05) is 0 Å². The van der Waals surface area contributed by atoms with Gasteiger partial charge in [0, 0.05) is 18.3 Å². The van der Waals surface area contributed by atoms with Gasteiger partial charge in [0.25, 0.3) is 0 Å². The van der Waals surface area contributed by atoms with Crippen molar-refractivity contribution >= 4 is 35.1 Å². The minimum Gasteiger partial charge on any atom is -0.350 e. The number of rotatable bonds is 9. The van der Waals surface area contributed by atoms with Crippen molar-refractivity contribution < 1.29 is 37.1 Å². The van der Waals surface area contributed by atoms with Crippen LogP contribution in [0.25, 0.3) is 0 Å². The third kappa shape index (κ3) is 8.01. The SMILES string of the molecule is CN[C@@H](C)C(=O)NC1CCCC[C@H]2CCC(C(=O)NCc3cccc(NC(=O)CC(=O)C(F)(F)F)c3)N2C1=O. The summed E-state index contributed by atoms with van der Waals surface area (Å²) in [6.07, 6.45) is -2.31. The van der Waals surface area contributed by atoms with E-state index in [2.05, 4.69) is 21.3 Å². The molecule has 0 bridgehead atoms. The second-order valence-corrected chi connectivity index (χ2v) is 9.91. The van der Waals surface area contributed by atoms with Gasteiger partial charge in [0.1, 0.15) is 12.1 Å². The first-order valence-electron chi connectivity index (χ1n) is 13.0. The lowest BCUT2D eigenvalue weighted by atomic mass is 9.98. The molecule has 214 valence electrons. The lowest BCUT2D eigenvalue weighted by Crippen LogP contribution is -2.57. The number of anilines is 1. The number of ketones is 1. The lowest BCUT2D eigenvalue weighted by Gasteiger charge is -2.35. The molecular formula is C26H34F3N5O5. The minimum atomic E-state index is -5.09. The van der Waals surface area contributed by atoms with Crippen molar-refractivity contribution in [3.8, 4) is 0 Å². The smallest absolute Gasteiger partial charge is 0.350 e. The normalized spacial score (nSPS) is 22.2. The number of Topliss-reactive ketones (excluding diaryl/α,β-unsaturated/α-hetero) is 1. The number of hydrogen-bond donors (Lipinski definition) is 4. The number of benzene rings is 1. The summed E-state index contributed by atoms with van der Waals surface area (Å²) in [4.78, 5) is 63.5. The molecule has 0 radical (unpaired) electrons. The van der Waals surface area contributed by atoms with Crippen molar-refractivity contribution in [2.24, 2.45) is 0 Å². The molecule has 4 atom stereocenters. The van der Waals surface area contributed by atoms with E-state index in [4.69, 9.17) is 0 Å². The Morgan fingerprint density at radius 2 is 1.79 bits per heavy atom. The lowest BCUT2D eigenvalue weighted by molar-refractivity contribution is -0.171. The summed E-state index contributed by atoms with van der Waals surface area (Å²) in [5, 5.41) is 10.7. The number of halogens is 3. The number of hydrogen-bond acceptors (Lipinski definition) is 6. The molecule has 2 heterocycles. The first-order chi connectivity index (χ1) is 18.4. The highest BCUT2D eigenvalue weighted by molar-refractivity contribution is 6.06. The van der Waals surface area contributed by atoms with Crippen LogP contribution in [0.1, 0.15) is 57.4 Å². The van der Waals surface area contributed by atoms with Crippen LogP contribution in [0.3, 0.4) is 0 Å². The molecule has 0 saturated carbocycles. The fraction of sp³-hybridized carbons (Fsp3) is 0.577. The van der Waals surface area contributed by atoms with E-state index in [9.17, 15) is 37.1 Å². The van der Waals surface area contributed by atoms with E-state index in [0.717, 1.165) is 19.3 Å². The third-order valence-corrected chi connectivity index (χ3v) is 7.10. The summed E-state index contributed by atoms with van der Waals surface area (Å²) in [6.45, 7) is 1.74. The molecule has 1 aromatic rings. The van der Waals surface area contributed by atoms with Crippen LogP contribution < -0.4 is 21.3 Å². The third-order valence-electron chi connectivity index (χ3n) is 7.10. The first kappa shape index (κ1) is 30.1. The molecule has 4 amide bonds. The maximum Gasteiger partial charge on any atom is 0.450 e. The second kappa shape index (κ2) is 13.0. The zero-order valence-electron chi connectivity index (χ0n) is 21.9. The molecule has 2 aliphatic heterocycles. The Labute approximate surface area is 224 Å². The molecule has 2 fully saturated rings. The van der Waals surface area contributed by atoms with Gasteiger partial charge >= 0.3 is 6.18 Å². The molecule has 0 aromatic heterocycles. The first-order valence-corrected chi connectivity index (χ1v) is 13.0. The predicted octanol–water partition coefficient (Wildman–Crippen LogP) is 1.79. The predicted molar refractivity (Wildman–Crippen MR) is 135 cm³/mol. The summed E-state index contributed by atoms with van der Waals surface area (Å²) in [6, 6.07) is 4.16. The number of alkyl halides is 3. The highest BCUT2D eigenvalue weighted by atomic mass is 19.4. The Bertz CT molecular complexity index is 1100. The summed E-state index contributed by atoms with van der Waals surface area (Å²) in [5.41, 5.74) is 0.735. The van der Waals surface area contributed by atoms with Crippen LogP contribution in [-0.4, -0.2) is 71.7 Å². The van der Waals surface area contributed by atoms with Gasteiger partial charge in [-0.15, -0.1) is 0 Å². The van der Waals surface area contributed by atoms with Crippen LogP contribution in [0.2, 0.25) is 0 Å². The quantitative estimate of drug-likeness (QED) is 0.344. The Balaban J connectivity index is 1.62. The zero-order valence-corrected chi connectivity index (χ0v) is 21.9.